The molecular weight excluding hydrogens is 210 g/mol. The Hall–Kier alpha value is -0.0800. The minimum atomic E-state index is 0.0451. The van der Waals surface area contributed by atoms with E-state index in [0.29, 0.717) is 6.04 Å². The number of hydrogen-bond acceptors (Lipinski definition) is 2. The van der Waals surface area contributed by atoms with Crippen LogP contribution in [-0.4, -0.2) is 18.4 Å². The van der Waals surface area contributed by atoms with Crippen LogP contribution in [0, 0.1) is 11.8 Å². The molecule has 0 aromatic carbocycles. The van der Waals surface area contributed by atoms with E-state index < -0.39 is 0 Å². The third kappa shape index (κ3) is 3.23. The minimum Gasteiger partial charge on any atom is -0.361 e. The van der Waals surface area contributed by atoms with Gasteiger partial charge in [-0.15, -0.1) is 0 Å². The molecule has 0 aromatic rings. The van der Waals surface area contributed by atoms with Crippen molar-refractivity contribution in [1.82, 2.24) is 5.32 Å². The summed E-state index contributed by atoms with van der Waals surface area (Å²) in [5, 5.41) is 3.81. The highest BCUT2D eigenvalue weighted by molar-refractivity contribution is 4.91. The molecule has 2 rings (SSSR count). The normalized spacial score (nSPS) is 38.8. The standard InChI is InChI=1S/C15H29NO/c1-4-5-14-8-11-17-15(16-14)9-6-13(7-10-15)12(2)3/h12-14,16H,4-11H2,1-3H3. The molecule has 0 amide bonds. The number of rotatable bonds is 3. The molecule has 1 aliphatic heterocycles. The Morgan fingerprint density at radius 3 is 2.53 bits per heavy atom. The summed E-state index contributed by atoms with van der Waals surface area (Å²) in [4.78, 5) is 0. The zero-order valence-corrected chi connectivity index (χ0v) is 11.8. The molecule has 1 unspecified atom stereocenters. The van der Waals surface area contributed by atoms with E-state index in [1.54, 1.807) is 0 Å². The number of nitrogens with one attached hydrogen (secondary N) is 1. The lowest BCUT2D eigenvalue weighted by Gasteiger charge is -2.47. The lowest BCUT2D eigenvalue weighted by Crippen LogP contribution is -2.58. The Bertz CT molecular complexity index is 229. The van der Waals surface area contributed by atoms with E-state index in [0.717, 1.165) is 18.4 Å². The van der Waals surface area contributed by atoms with Gasteiger partial charge >= 0.3 is 0 Å². The second-order valence-corrected chi connectivity index (χ2v) is 6.34. The topological polar surface area (TPSA) is 21.3 Å². The monoisotopic (exact) mass is 239 g/mol. The van der Waals surface area contributed by atoms with Crippen LogP contribution in [0.25, 0.3) is 0 Å². The fraction of sp³-hybridized carbons (Fsp3) is 1.00. The van der Waals surface area contributed by atoms with Crippen molar-refractivity contribution >= 4 is 0 Å². The predicted octanol–water partition coefficient (Wildman–Crippen LogP) is 3.71. The van der Waals surface area contributed by atoms with E-state index in [4.69, 9.17) is 4.74 Å². The van der Waals surface area contributed by atoms with Crippen molar-refractivity contribution < 1.29 is 4.74 Å². The van der Waals surface area contributed by atoms with Gasteiger partial charge in [0, 0.05) is 6.04 Å². The van der Waals surface area contributed by atoms with Crippen LogP contribution in [0.3, 0.4) is 0 Å². The number of hydrogen-bond donors (Lipinski definition) is 1. The molecule has 1 atom stereocenters. The molecule has 1 N–H and O–H groups in total. The molecule has 17 heavy (non-hydrogen) atoms. The Balaban J connectivity index is 1.88. The van der Waals surface area contributed by atoms with E-state index in [1.807, 2.05) is 0 Å². The molecular formula is C15H29NO. The summed E-state index contributed by atoms with van der Waals surface area (Å²) < 4.78 is 6.10. The maximum atomic E-state index is 6.10. The summed E-state index contributed by atoms with van der Waals surface area (Å²) in [6, 6.07) is 0.698. The fourth-order valence-corrected chi connectivity index (χ4v) is 3.51. The average Bonchev–Trinajstić information content (AvgIpc) is 2.30. The molecule has 0 aromatic heterocycles. The quantitative estimate of drug-likeness (QED) is 0.810. The summed E-state index contributed by atoms with van der Waals surface area (Å²) in [6.45, 7) is 7.96. The van der Waals surface area contributed by atoms with E-state index in [9.17, 15) is 0 Å². The van der Waals surface area contributed by atoms with Crippen LogP contribution in [0.1, 0.15) is 65.7 Å². The first kappa shape index (κ1) is 13.4. The molecule has 0 radical (unpaired) electrons. The van der Waals surface area contributed by atoms with Crippen molar-refractivity contribution in [2.24, 2.45) is 11.8 Å². The van der Waals surface area contributed by atoms with Gasteiger partial charge in [0.05, 0.1) is 6.61 Å². The van der Waals surface area contributed by atoms with E-state index in [2.05, 4.69) is 26.1 Å². The van der Waals surface area contributed by atoms with Crippen molar-refractivity contribution in [2.75, 3.05) is 6.61 Å². The van der Waals surface area contributed by atoms with Gasteiger partial charge in [-0.2, -0.15) is 0 Å². The van der Waals surface area contributed by atoms with Crippen LogP contribution in [0.5, 0.6) is 0 Å². The van der Waals surface area contributed by atoms with Crippen molar-refractivity contribution in [3.8, 4) is 0 Å². The Morgan fingerprint density at radius 2 is 1.94 bits per heavy atom. The van der Waals surface area contributed by atoms with E-state index >= 15 is 0 Å². The Kier molecular flexibility index (Phi) is 4.48. The molecule has 2 nitrogen and oxygen atoms in total. The molecule has 1 saturated carbocycles. The second kappa shape index (κ2) is 5.71. The van der Waals surface area contributed by atoms with E-state index in [-0.39, 0.29) is 5.72 Å². The van der Waals surface area contributed by atoms with Crippen molar-refractivity contribution in [3.05, 3.63) is 0 Å². The van der Waals surface area contributed by atoms with Crippen LogP contribution in [0.4, 0.5) is 0 Å². The summed E-state index contributed by atoms with van der Waals surface area (Å²) in [5.74, 6) is 1.75. The molecule has 2 aliphatic rings. The Labute approximate surface area is 107 Å². The van der Waals surface area contributed by atoms with Gasteiger partial charge in [-0.25, -0.2) is 0 Å². The van der Waals surface area contributed by atoms with E-state index in [1.165, 1.54) is 44.9 Å². The molecule has 1 heterocycles. The van der Waals surface area contributed by atoms with Gasteiger partial charge in [0.25, 0.3) is 0 Å². The fourth-order valence-electron chi connectivity index (χ4n) is 3.51. The zero-order valence-electron chi connectivity index (χ0n) is 11.8. The summed E-state index contributed by atoms with van der Waals surface area (Å²) in [5.41, 5.74) is 0.0451. The number of ether oxygens (including phenoxy) is 1. The van der Waals surface area contributed by atoms with Crippen LogP contribution in [0.2, 0.25) is 0 Å². The molecule has 1 aliphatic carbocycles. The summed E-state index contributed by atoms with van der Waals surface area (Å²) in [6.07, 6.45) is 8.89. The van der Waals surface area contributed by atoms with Gasteiger partial charge in [0.15, 0.2) is 0 Å². The Morgan fingerprint density at radius 1 is 1.24 bits per heavy atom. The van der Waals surface area contributed by atoms with Crippen molar-refractivity contribution in [1.29, 1.82) is 0 Å². The molecule has 0 bridgehead atoms. The smallest absolute Gasteiger partial charge is 0.119 e. The van der Waals surface area contributed by atoms with Gasteiger partial charge in [-0.3, -0.25) is 5.32 Å². The average molecular weight is 239 g/mol. The van der Waals surface area contributed by atoms with Crippen LogP contribution < -0.4 is 5.32 Å². The lowest BCUT2D eigenvalue weighted by atomic mass is 9.77. The zero-order chi connectivity index (χ0) is 12.3. The SMILES string of the molecule is CCCC1CCOC2(CCC(C(C)C)CC2)N1. The summed E-state index contributed by atoms with van der Waals surface area (Å²) >= 11 is 0. The lowest BCUT2D eigenvalue weighted by molar-refractivity contribution is -0.138. The van der Waals surface area contributed by atoms with Crippen LogP contribution in [0.15, 0.2) is 0 Å². The highest BCUT2D eigenvalue weighted by Gasteiger charge is 2.40. The molecule has 1 spiro atoms. The molecule has 2 heteroatoms. The summed E-state index contributed by atoms with van der Waals surface area (Å²) in [7, 11) is 0. The minimum absolute atomic E-state index is 0.0451. The van der Waals surface area contributed by atoms with Crippen molar-refractivity contribution in [2.45, 2.75) is 77.5 Å². The van der Waals surface area contributed by atoms with Gasteiger partial charge in [0.1, 0.15) is 5.72 Å². The van der Waals surface area contributed by atoms with Gasteiger partial charge in [-0.05, 0) is 50.4 Å². The highest BCUT2D eigenvalue weighted by atomic mass is 16.5. The van der Waals surface area contributed by atoms with Gasteiger partial charge < -0.3 is 4.74 Å². The largest absolute Gasteiger partial charge is 0.361 e. The predicted molar refractivity (Wildman–Crippen MR) is 71.9 cm³/mol. The maximum Gasteiger partial charge on any atom is 0.119 e. The maximum absolute atomic E-state index is 6.10. The van der Waals surface area contributed by atoms with Crippen LogP contribution >= 0.6 is 0 Å². The first-order valence-corrected chi connectivity index (χ1v) is 7.57. The third-order valence-electron chi connectivity index (χ3n) is 4.73. The first-order chi connectivity index (χ1) is 8.15. The van der Waals surface area contributed by atoms with Gasteiger partial charge in [0.2, 0.25) is 0 Å². The highest BCUT2D eigenvalue weighted by Crippen LogP contribution is 2.38. The van der Waals surface area contributed by atoms with Crippen LogP contribution in [-0.2, 0) is 4.74 Å². The third-order valence-corrected chi connectivity index (χ3v) is 4.73. The van der Waals surface area contributed by atoms with Gasteiger partial charge in [-0.1, -0.05) is 27.2 Å². The van der Waals surface area contributed by atoms with Crippen molar-refractivity contribution in [3.63, 3.8) is 0 Å². The first-order valence-electron chi connectivity index (χ1n) is 7.57. The molecule has 1 saturated heterocycles. The molecule has 100 valence electrons. The molecule has 2 fully saturated rings. The second-order valence-electron chi connectivity index (χ2n) is 6.34.